The molecule has 0 fully saturated rings. The Morgan fingerprint density at radius 3 is 2.48 bits per heavy atom. The third kappa shape index (κ3) is 3.22. The lowest BCUT2D eigenvalue weighted by atomic mass is 9.92. The lowest BCUT2D eigenvalue weighted by Gasteiger charge is -2.28. The summed E-state index contributed by atoms with van der Waals surface area (Å²) < 4.78 is 5.22. The molecule has 0 aliphatic carbocycles. The zero-order valence-electron chi connectivity index (χ0n) is 15.2. The number of nitrogens with zero attached hydrogens (tertiary/aromatic N) is 1. The minimum absolute atomic E-state index is 0.0360. The Morgan fingerprint density at radius 2 is 1.83 bits per heavy atom. The first kappa shape index (κ1) is 19.3. The van der Waals surface area contributed by atoms with Gasteiger partial charge in [0.25, 0.3) is 5.91 Å². The van der Waals surface area contributed by atoms with E-state index < -0.39 is 23.5 Å². The second-order valence-corrected chi connectivity index (χ2v) is 7.42. The van der Waals surface area contributed by atoms with Crippen molar-refractivity contribution in [2.45, 2.75) is 13.0 Å². The standard InChI is InChI=1S/C22H15Cl2NO4/c1-12-5-2-3-6-14(12)19-18(20(26)17-7-4-10-29-17)21(27)22(28)25(19)13-8-9-15(23)16(24)11-13/h2-11,19,27H,1H3. The maximum atomic E-state index is 13.1. The summed E-state index contributed by atoms with van der Waals surface area (Å²) in [4.78, 5) is 27.5. The van der Waals surface area contributed by atoms with E-state index in [1.54, 1.807) is 18.2 Å². The highest BCUT2D eigenvalue weighted by Gasteiger charge is 2.45. The molecule has 1 unspecified atom stereocenters. The zero-order valence-corrected chi connectivity index (χ0v) is 16.7. The maximum Gasteiger partial charge on any atom is 0.294 e. The number of furan rings is 1. The van der Waals surface area contributed by atoms with E-state index in [-0.39, 0.29) is 16.4 Å². The molecule has 1 atom stereocenters. The number of benzene rings is 2. The lowest BCUT2D eigenvalue weighted by Crippen LogP contribution is -2.31. The summed E-state index contributed by atoms with van der Waals surface area (Å²) in [6, 6.07) is 14.3. The fourth-order valence-electron chi connectivity index (χ4n) is 3.47. The van der Waals surface area contributed by atoms with Crippen molar-refractivity contribution < 1.29 is 19.1 Å². The topological polar surface area (TPSA) is 70.7 Å². The lowest BCUT2D eigenvalue weighted by molar-refractivity contribution is -0.117. The molecule has 146 valence electrons. The molecule has 2 heterocycles. The van der Waals surface area contributed by atoms with E-state index in [1.807, 2.05) is 31.2 Å². The second-order valence-electron chi connectivity index (χ2n) is 6.60. The van der Waals surface area contributed by atoms with E-state index in [4.69, 9.17) is 27.6 Å². The van der Waals surface area contributed by atoms with Crippen molar-refractivity contribution in [3.63, 3.8) is 0 Å². The number of aryl methyl sites for hydroxylation is 1. The normalized spacial score (nSPS) is 16.6. The van der Waals surface area contributed by atoms with Crippen molar-refractivity contribution in [3.8, 4) is 0 Å². The van der Waals surface area contributed by atoms with E-state index in [2.05, 4.69) is 0 Å². The van der Waals surface area contributed by atoms with Gasteiger partial charge in [-0.25, -0.2) is 0 Å². The summed E-state index contributed by atoms with van der Waals surface area (Å²) >= 11 is 12.2. The number of halogens is 2. The van der Waals surface area contributed by atoms with Crippen LogP contribution >= 0.6 is 23.2 Å². The van der Waals surface area contributed by atoms with E-state index in [0.29, 0.717) is 16.3 Å². The second kappa shape index (κ2) is 7.43. The summed E-state index contributed by atoms with van der Waals surface area (Å²) in [5, 5.41) is 11.3. The fraction of sp³-hybridized carbons (Fsp3) is 0.0909. The Morgan fingerprint density at radius 1 is 1.07 bits per heavy atom. The number of hydrogen-bond acceptors (Lipinski definition) is 4. The van der Waals surface area contributed by atoms with Crippen LogP contribution in [0.1, 0.15) is 27.7 Å². The SMILES string of the molecule is Cc1ccccc1C1C(C(=O)c2ccco2)=C(O)C(=O)N1c1ccc(Cl)c(Cl)c1. The Labute approximate surface area is 176 Å². The predicted molar refractivity (Wildman–Crippen MR) is 111 cm³/mol. The van der Waals surface area contributed by atoms with Gasteiger partial charge in [-0.05, 0) is 48.4 Å². The van der Waals surface area contributed by atoms with Gasteiger partial charge in [-0.15, -0.1) is 0 Å². The first-order valence-corrected chi connectivity index (χ1v) is 9.51. The number of Topliss-reactive ketones (excluding diaryl/α,β-unsaturated/α-hetero) is 1. The van der Waals surface area contributed by atoms with E-state index in [1.165, 1.54) is 23.3 Å². The van der Waals surface area contributed by atoms with Crippen LogP contribution in [-0.4, -0.2) is 16.8 Å². The fourth-order valence-corrected chi connectivity index (χ4v) is 3.76. The first-order chi connectivity index (χ1) is 13.9. The number of carbonyl (C=O) groups excluding carboxylic acids is 2. The molecule has 1 amide bonds. The number of amides is 1. The van der Waals surface area contributed by atoms with Crippen molar-refractivity contribution in [1.29, 1.82) is 0 Å². The molecule has 7 heteroatoms. The molecule has 0 saturated heterocycles. The van der Waals surface area contributed by atoms with Gasteiger partial charge in [0.1, 0.15) is 0 Å². The van der Waals surface area contributed by atoms with Gasteiger partial charge in [-0.1, -0.05) is 47.5 Å². The Hall–Kier alpha value is -3.02. The molecule has 0 radical (unpaired) electrons. The minimum atomic E-state index is -0.849. The quantitative estimate of drug-likeness (QED) is 0.543. The highest BCUT2D eigenvalue weighted by Crippen LogP contribution is 2.43. The zero-order chi connectivity index (χ0) is 20.7. The maximum absolute atomic E-state index is 13.1. The van der Waals surface area contributed by atoms with Crippen molar-refractivity contribution in [1.82, 2.24) is 0 Å². The van der Waals surface area contributed by atoms with Gasteiger partial charge < -0.3 is 9.52 Å². The molecule has 29 heavy (non-hydrogen) atoms. The molecule has 1 aromatic heterocycles. The molecule has 1 N–H and O–H groups in total. The summed E-state index contributed by atoms with van der Waals surface area (Å²) in [7, 11) is 0. The van der Waals surface area contributed by atoms with E-state index in [0.717, 1.165) is 5.56 Å². The Balaban J connectivity index is 1.92. The van der Waals surface area contributed by atoms with Crippen LogP contribution in [0, 0.1) is 6.92 Å². The van der Waals surface area contributed by atoms with Crippen LogP contribution in [0.3, 0.4) is 0 Å². The molecule has 2 aromatic carbocycles. The van der Waals surface area contributed by atoms with Gasteiger partial charge in [0.15, 0.2) is 11.5 Å². The van der Waals surface area contributed by atoms with Gasteiger partial charge >= 0.3 is 0 Å². The third-order valence-electron chi connectivity index (χ3n) is 4.86. The number of aliphatic hydroxyl groups is 1. The van der Waals surface area contributed by atoms with Crippen molar-refractivity contribution in [2.24, 2.45) is 0 Å². The average molecular weight is 428 g/mol. The van der Waals surface area contributed by atoms with Gasteiger partial charge in [0, 0.05) is 5.69 Å². The smallest absolute Gasteiger partial charge is 0.294 e. The van der Waals surface area contributed by atoms with Crippen LogP contribution in [0.25, 0.3) is 0 Å². The molecular formula is C22H15Cl2NO4. The number of ketones is 1. The van der Waals surface area contributed by atoms with Gasteiger partial charge in [-0.3, -0.25) is 14.5 Å². The Bertz CT molecular complexity index is 1150. The molecule has 1 aliphatic rings. The van der Waals surface area contributed by atoms with Gasteiger partial charge in [0.2, 0.25) is 5.78 Å². The minimum Gasteiger partial charge on any atom is -0.503 e. The van der Waals surface area contributed by atoms with Gasteiger partial charge in [0.05, 0.1) is 27.9 Å². The number of rotatable bonds is 4. The first-order valence-electron chi connectivity index (χ1n) is 8.75. The van der Waals surface area contributed by atoms with Crippen LogP contribution in [0.5, 0.6) is 0 Å². The van der Waals surface area contributed by atoms with Crippen molar-refractivity contribution in [3.05, 3.63) is 99.1 Å². The van der Waals surface area contributed by atoms with Crippen LogP contribution in [0.4, 0.5) is 5.69 Å². The summed E-state index contributed by atoms with van der Waals surface area (Å²) in [5.74, 6) is -1.84. The molecule has 0 bridgehead atoms. The molecule has 3 aromatic rings. The molecule has 0 saturated carbocycles. The molecule has 4 rings (SSSR count). The van der Waals surface area contributed by atoms with E-state index >= 15 is 0 Å². The van der Waals surface area contributed by atoms with Crippen LogP contribution < -0.4 is 4.90 Å². The Kier molecular flexibility index (Phi) is 4.94. The molecule has 0 spiro atoms. The average Bonchev–Trinajstić information content (AvgIpc) is 3.32. The highest BCUT2D eigenvalue weighted by atomic mass is 35.5. The summed E-state index contributed by atoms with van der Waals surface area (Å²) in [5.41, 5.74) is 1.91. The largest absolute Gasteiger partial charge is 0.503 e. The summed E-state index contributed by atoms with van der Waals surface area (Å²) in [6.45, 7) is 1.87. The predicted octanol–water partition coefficient (Wildman–Crippen LogP) is 5.68. The number of aliphatic hydroxyl groups excluding tert-OH is 1. The van der Waals surface area contributed by atoms with Crippen LogP contribution in [-0.2, 0) is 4.79 Å². The monoisotopic (exact) mass is 427 g/mol. The van der Waals surface area contributed by atoms with Crippen LogP contribution in [0.2, 0.25) is 10.0 Å². The van der Waals surface area contributed by atoms with Crippen molar-refractivity contribution >= 4 is 40.6 Å². The van der Waals surface area contributed by atoms with Gasteiger partial charge in [-0.2, -0.15) is 0 Å². The molecule has 1 aliphatic heterocycles. The van der Waals surface area contributed by atoms with Crippen LogP contribution in [0.15, 0.2) is 76.6 Å². The number of carbonyl (C=O) groups is 2. The highest BCUT2D eigenvalue weighted by molar-refractivity contribution is 6.42. The van der Waals surface area contributed by atoms with E-state index in [9.17, 15) is 14.7 Å². The molecular weight excluding hydrogens is 413 g/mol. The number of hydrogen-bond donors (Lipinski definition) is 1. The van der Waals surface area contributed by atoms with Crippen molar-refractivity contribution in [2.75, 3.05) is 4.90 Å². The molecule has 5 nitrogen and oxygen atoms in total. The number of anilines is 1. The summed E-state index contributed by atoms with van der Waals surface area (Å²) in [6.07, 6.45) is 1.36. The third-order valence-corrected chi connectivity index (χ3v) is 5.60.